The van der Waals surface area contributed by atoms with Crippen LogP contribution in [0.3, 0.4) is 0 Å². The molecule has 1 aliphatic rings. The minimum atomic E-state index is -0.255. The fraction of sp³-hybridized carbons (Fsp3) is 0.286. The number of hydrogen-bond donors (Lipinski definition) is 1. The molecule has 0 aliphatic carbocycles. The van der Waals surface area contributed by atoms with Gasteiger partial charge in [0.1, 0.15) is 5.75 Å². The molecular weight excluding hydrogens is 342 g/mol. The Morgan fingerprint density at radius 2 is 1.85 bits per heavy atom. The molecule has 0 unspecified atom stereocenters. The first-order valence-electron chi connectivity index (χ1n) is 8.93. The van der Waals surface area contributed by atoms with Crippen molar-refractivity contribution in [2.24, 2.45) is 0 Å². The van der Waals surface area contributed by atoms with E-state index in [0.717, 1.165) is 31.5 Å². The second-order valence-corrected chi connectivity index (χ2v) is 6.40. The van der Waals surface area contributed by atoms with Crippen LogP contribution in [0.2, 0.25) is 0 Å². The van der Waals surface area contributed by atoms with Crippen molar-refractivity contribution in [2.45, 2.75) is 19.4 Å². The number of nitrogens with one attached hydrogen (secondary N) is 1. The van der Waals surface area contributed by atoms with Gasteiger partial charge < -0.3 is 15.0 Å². The second kappa shape index (κ2) is 8.86. The minimum absolute atomic E-state index is 0.0658. The smallest absolute Gasteiger partial charge is 0.258 e. The van der Waals surface area contributed by atoms with Crippen LogP contribution >= 0.6 is 0 Å². The molecule has 6 nitrogen and oxygen atoms in total. The van der Waals surface area contributed by atoms with Crippen molar-refractivity contribution >= 4 is 11.8 Å². The Bertz CT molecular complexity index is 850. The average molecular weight is 363 g/mol. The predicted octanol–water partition coefficient (Wildman–Crippen LogP) is 2.49. The molecule has 27 heavy (non-hydrogen) atoms. The Labute approximate surface area is 158 Å². The first-order valence-corrected chi connectivity index (χ1v) is 8.93. The predicted molar refractivity (Wildman–Crippen MR) is 100 cm³/mol. The summed E-state index contributed by atoms with van der Waals surface area (Å²) in [6.45, 7) is 1.89. The van der Waals surface area contributed by atoms with E-state index in [1.165, 1.54) is 0 Å². The van der Waals surface area contributed by atoms with Gasteiger partial charge in [0.25, 0.3) is 11.8 Å². The Hall–Kier alpha value is -3.33. The Morgan fingerprint density at radius 1 is 1.11 bits per heavy atom. The normalized spacial score (nSPS) is 13.1. The van der Waals surface area contributed by atoms with Crippen LogP contribution in [-0.4, -0.2) is 36.4 Å². The second-order valence-electron chi connectivity index (χ2n) is 6.40. The van der Waals surface area contributed by atoms with Crippen LogP contribution in [-0.2, 0) is 11.3 Å². The van der Waals surface area contributed by atoms with Gasteiger partial charge in [0.2, 0.25) is 0 Å². The molecule has 1 aliphatic heterocycles. The lowest BCUT2D eigenvalue weighted by molar-refractivity contribution is -0.123. The molecule has 6 heteroatoms. The highest BCUT2D eigenvalue weighted by atomic mass is 16.5. The Kier molecular flexibility index (Phi) is 6.06. The number of carbonyl (C=O) groups excluding carboxylic acids is 2. The summed E-state index contributed by atoms with van der Waals surface area (Å²) in [7, 11) is 0. The summed E-state index contributed by atoms with van der Waals surface area (Å²) in [5.41, 5.74) is 2.07. The summed E-state index contributed by atoms with van der Waals surface area (Å²) in [4.78, 5) is 26.1. The molecule has 0 spiro atoms. The van der Waals surface area contributed by atoms with Gasteiger partial charge in [-0.15, -0.1) is 0 Å². The van der Waals surface area contributed by atoms with Gasteiger partial charge in [0.15, 0.2) is 6.61 Å². The summed E-state index contributed by atoms with van der Waals surface area (Å²) in [5, 5.41) is 11.6. The van der Waals surface area contributed by atoms with Gasteiger partial charge in [0, 0.05) is 25.2 Å². The number of nitriles is 1. The Morgan fingerprint density at radius 3 is 2.56 bits per heavy atom. The minimum Gasteiger partial charge on any atom is -0.484 e. The maximum absolute atomic E-state index is 12.3. The quantitative estimate of drug-likeness (QED) is 0.855. The van der Waals surface area contributed by atoms with Gasteiger partial charge in [-0.05, 0) is 48.7 Å². The maximum Gasteiger partial charge on any atom is 0.258 e. The molecule has 0 saturated carbocycles. The van der Waals surface area contributed by atoms with E-state index >= 15 is 0 Å². The monoisotopic (exact) mass is 363 g/mol. The number of benzene rings is 2. The van der Waals surface area contributed by atoms with Crippen molar-refractivity contribution in [2.75, 3.05) is 19.7 Å². The Balaban J connectivity index is 1.45. The van der Waals surface area contributed by atoms with Crippen LogP contribution in [0.15, 0.2) is 48.5 Å². The number of ether oxygens (including phenoxy) is 1. The van der Waals surface area contributed by atoms with Crippen molar-refractivity contribution in [3.63, 3.8) is 0 Å². The van der Waals surface area contributed by atoms with E-state index in [9.17, 15) is 9.59 Å². The molecule has 0 atom stereocenters. The van der Waals surface area contributed by atoms with Gasteiger partial charge in [-0.3, -0.25) is 9.59 Å². The van der Waals surface area contributed by atoms with Gasteiger partial charge in [-0.25, -0.2) is 0 Å². The largest absolute Gasteiger partial charge is 0.484 e. The maximum atomic E-state index is 12.3. The number of amides is 2. The van der Waals surface area contributed by atoms with E-state index in [0.29, 0.717) is 23.4 Å². The molecule has 1 heterocycles. The third-order valence-electron chi connectivity index (χ3n) is 4.42. The standard InChI is InChI=1S/C21H21N3O3/c22-13-17-4-3-5-19(12-17)27-15-20(25)23-14-16-6-8-18(9-7-16)21(26)24-10-1-2-11-24/h3-9,12H,1-2,10-11,14-15H2,(H,23,25). The first-order chi connectivity index (χ1) is 13.2. The molecule has 1 saturated heterocycles. The molecule has 1 N–H and O–H groups in total. The van der Waals surface area contributed by atoms with Crippen LogP contribution in [0.5, 0.6) is 5.75 Å². The van der Waals surface area contributed by atoms with Crippen molar-refractivity contribution in [3.05, 3.63) is 65.2 Å². The lowest BCUT2D eigenvalue weighted by Crippen LogP contribution is -2.29. The molecule has 3 rings (SSSR count). The van der Waals surface area contributed by atoms with Crippen molar-refractivity contribution < 1.29 is 14.3 Å². The number of hydrogen-bond acceptors (Lipinski definition) is 4. The highest BCUT2D eigenvalue weighted by Gasteiger charge is 2.19. The van der Waals surface area contributed by atoms with Crippen LogP contribution in [0.4, 0.5) is 0 Å². The van der Waals surface area contributed by atoms with Crippen LogP contribution in [0.1, 0.15) is 34.3 Å². The average Bonchev–Trinajstić information content (AvgIpc) is 3.25. The lowest BCUT2D eigenvalue weighted by atomic mass is 10.1. The first kappa shape index (κ1) is 18.5. The van der Waals surface area contributed by atoms with Gasteiger partial charge >= 0.3 is 0 Å². The van der Waals surface area contributed by atoms with Crippen molar-refractivity contribution in [3.8, 4) is 11.8 Å². The van der Waals surface area contributed by atoms with E-state index in [2.05, 4.69) is 5.32 Å². The van der Waals surface area contributed by atoms with E-state index in [-0.39, 0.29) is 18.4 Å². The van der Waals surface area contributed by atoms with E-state index < -0.39 is 0 Å². The number of carbonyl (C=O) groups is 2. The fourth-order valence-corrected chi connectivity index (χ4v) is 2.92. The van der Waals surface area contributed by atoms with E-state index in [4.69, 9.17) is 10.00 Å². The third kappa shape index (κ3) is 5.08. The summed E-state index contributed by atoms with van der Waals surface area (Å²) < 4.78 is 5.39. The summed E-state index contributed by atoms with van der Waals surface area (Å²) in [6.07, 6.45) is 2.14. The third-order valence-corrected chi connectivity index (χ3v) is 4.42. The number of likely N-dealkylation sites (tertiary alicyclic amines) is 1. The van der Waals surface area contributed by atoms with Gasteiger partial charge in [-0.1, -0.05) is 18.2 Å². The van der Waals surface area contributed by atoms with Crippen molar-refractivity contribution in [1.82, 2.24) is 10.2 Å². The zero-order valence-corrected chi connectivity index (χ0v) is 15.0. The van der Waals surface area contributed by atoms with Gasteiger partial charge in [-0.2, -0.15) is 5.26 Å². The molecule has 0 bridgehead atoms. The zero-order valence-electron chi connectivity index (χ0n) is 15.0. The number of nitrogens with zero attached hydrogens (tertiary/aromatic N) is 2. The molecule has 138 valence electrons. The highest BCUT2D eigenvalue weighted by molar-refractivity contribution is 5.94. The zero-order chi connectivity index (χ0) is 19.1. The summed E-state index contributed by atoms with van der Waals surface area (Å²) in [6, 6.07) is 16.0. The van der Waals surface area contributed by atoms with Crippen molar-refractivity contribution in [1.29, 1.82) is 5.26 Å². The molecule has 2 amide bonds. The fourth-order valence-electron chi connectivity index (χ4n) is 2.92. The SMILES string of the molecule is N#Cc1cccc(OCC(=O)NCc2ccc(C(=O)N3CCCC3)cc2)c1. The van der Waals surface area contributed by atoms with Crippen LogP contribution in [0.25, 0.3) is 0 Å². The highest BCUT2D eigenvalue weighted by Crippen LogP contribution is 2.14. The molecule has 2 aromatic rings. The van der Waals surface area contributed by atoms with E-state index in [1.807, 2.05) is 23.1 Å². The summed E-state index contributed by atoms with van der Waals surface area (Å²) in [5.74, 6) is 0.291. The molecule has 2 aromatic carbocycles. The number of rotatable bonds is 6. The lowest BCUT2D eigenvalue weighted by Gasteiger charge is -2.15. The molecule has 0 radical (unpaired) electrons. The summed E-state index contributed by atoms with van der Waals surface area (Å²) >= 11 is 0. The molecule has 1 fully saturated rings. The molecule has 0 aromatic heterocycles. The van der Waals surface area contributed by atoms with Gasteiger partial charge in [0.05, 0.1) is 11.6 Å². The van der Waals surface area contributed by atoms with Crippen LogP contribution < -0.4 is 10.1 Å². The van der Waals surface area contributed by atoms with Crippen LogP contribution in [0, 0.1) is 11.3 Å². The van der Waals surface area contributed by atoms with E-state index in [1.54, 1.807) is 36.4 Å². The topological polar surface area (TPSA) is 82.4 Å². The molecular formula is C21H21N3O3.